The highest BCUT2D eigenvalue weighted by molar-refractivity contribution is 5.76. The third-order valence-electron chi connectivity index (χ3n) is 4.23. The molecule has 0 unspecified atom stereocenters. The Morgan fingerprint density at radius 1 is 1.33 bits per heavy atom. The molecule has 1 aliphatic rings. The fourth-order valence-electron chi connectivity index (χ4n) is 2.96. The number of amides is 1. The van der Waals surface area contributed by atoms with Crippen molar-refractivity contribution in [2.75, 3.05) is 31.1 Å². The van der Waals surface area contributed by atoms with Crippen molar-refractivity contribution >= 4 is 22.9 Å². The Morgan fingerprint density at radius 2 is 2.08 bits per heavy atom. The van der Waals surface area contributed by atoms with Gasteiger partial charge < -0.3 is 9.80 Å². The van der Waals surface area contributed by atoms with Gasteiger partial charge in [-0.2, -0.15) is 0 Å². The van der Waals surface area contributed by atoms with E-state index in [-0.39, 0.29) is 11.5 Å². The average molecular weight is 327 g/mol. The summed E-state index contributed by atoms with van der Waals surface area (Å²) in [6, 6.07) is 3.65. The molecular formula is C17H21N5O2. The Kier molecular flexibility index (Phi) is 4.59. The molecule has 0 aliphatic carbocycles. The van der Waals surface area contributed by atoms with E-state index in [2.05, 4.69) is 16.5 Å². The van der Waals surface area contributed by atoms with E-state index in [4.69, 9.17) is 0 Å². The summed E-state index contributed by atoms with van der Waals surface area (Å²) in [6.07, 6.45) is 3.83. The van der Waals surface area contributed by atoms with Crippen LogP contribution in [0.25, 0.3) is 11.2 Å². The van der Waals surface area contributed by atoms with Crippen LogP contribution in [0.4, 0.5) is 5.82 Å². The van der Waals surface area contributed by atoms with Crippen LogP contribution in [0.5, 0.6) is 0 Å². The number of fused-ring (bicyclic) bond motifs is 1. The molecule has 1 fully saturated rings. The van der Waals surface area contributed by atoms with Crippen LogP contribution in [-0.4, -0.2) is 51.5 Å². The predicted molar refractivity (Wildman–Crippen MR) is 93.1 cm³/mol. The maximum Gasteiger partial charge on any atom is 0.295 e. The second-order valence-electron chi connectivity index (χ2n) is 5.71. The van der Waals surface area contributed by atoms with E-state index in [1.165, 1.54) is 0 Å². The minimum Gasteiger partial charge on any atom is -0.348 e. The average Bonchev–Trinajstić information content (AvgIpc) is 2.63. The summed E-state index contributed by atoms with van der Waals surface area (Å²) in [5.74, 6) is 0.565. The molecule has 0 N–H and O–H groups in total. The first-order valence-corrected chi connectivity index (χ1v) is 8.15. The lowest BCUT2D eigenvalue weighted by Crippen LogP contribution is -2.50. The number of hydrogen-bond donors (Lipinski definition) is 0. The maximum atomic E-state index is 12.8. The van der Waals surface area contributed by atoms with Crippen molar-refractivity contribution in [3.8, 4) is 0 Å². The number of piperazine rings is 1. The number of carbonyl (C=O) groups excluding carboxylic acids is 1. The molecule has 24 heavy (non-hydrogen) atoms. The number of hydrogen-bond acceptors (Lipinski definition) is 5. The Bertz CT molecular complexity index is 821. The summed E-state index contributed by atoms with van der Waals surface area (Å²) in [4.78, 5) is 37.2. The second-order valence-corrected chi connectivity index (χ2v) is 5.71. The van der Waals surface area contributed by atoms with Gasteiger partial charge in [0, 0.05) is 45.3 Å². The van der Waals surface area contributed by atoms with Gasteiger partial charge in [-0.15, -0.1) is 6.58 Å². The molecule has 1 saturated heterocycles. The van der Waals surface area contributed by atoms with Gasteiger partial charge in [0.15, 0.2) is 11.5 Å². The summed E-state index contributed by atoms with van der Waals surface area (Å²) < 4.78 is 1.59. The highest BCUT2D eigenvalue weighted by Crippen LogP contribution is 2.15. The standard InChI is InChI=1S/C17H21N5O2/c1-3-8-22-15-13(6-5-7-18-15)19-16(17(22)24)21-11-9-20(10-12-21)14(23)4-2/h3,5-7H,1,4,8-12H2,2H3. The topological polar surface area (TPSA) is 71.3 Å². The number of rotatable bonds is 4. The molecule has 0 spiro atoms. The Morgan fingerprint density at radius 3 is 2.75 bits per heavy atom. The van der Waals surface area contributed by atoms with E-state index in [0.717, 1.165) is 0 Å². The first-order valence-electron chi connectivity index (χ1n) is 8.15. The summed E-state index contributed by atoms with van der Waals surface area (Å²) in [7, 11) is 0. The van der Waals surface area contributed by atoms with Crippen molar-refractivity contribution < 1.29 is 4.79 Å². The fourth-order valence-corrected chi connectivity index (χ4v) is 2.96. The van der Waals surface area contributed by atoms with Gasteiger partial charge in [-0.3, -0.25) is 14.2 Å². The zero-order valence-corrected chi connectivity index (χ0v) is 13.8. The zero-order chi connectivity index (χ0) is 17.1. The van der Waals surface area contributed by atoms with E-state index >= 15 is 0 Å². The van der Waals surface area contributed by atoms with Gasteiger partial charge in [-0.05, 0) is 12.1 Å². The molecule has 2 aromatic rings. The normalized spacial score (nSPS) is 14.9. The lowest BCUT2D eigenvalue weighted by atomic mass is 10.3. The van der Waals surface area contributed by atoms with Crippen LogP contribution >= 0.6 is 0 Å². The van der Waals surface area contributed by atoms with Crippen LogP contribution in [-0.2, 0) is 11.3 Å². The lowest BCUT2D eigenvalue weighted by Gasteiger charge is -2.35. The monoisotopic (exact) mass is 327 g/mol. The van der Waals surface area contributed by atoms with Crippen molar-refractivity contribution in [3.05, 3.63) is 41.3 Å². The first-order chi connectivity index (χ1) is 11.7. The maximum absolute atomic E-state index is 12.8. The van der Waals surface area contributed by atoms with E-state index in [1.807, 2.05) is 22.8 Å². The molecule has 3 rings (SSSR count). The number of nitrogens with zero attached hydrogens (tertiary/aromatic N) is 5. The molecule has 3 heterocycles. The fraction of sp³-hybridized carbons (Fsp3) is 0.412. The summed E-state index contributed by atoms with van der Waals surface area (Å²) in [5.41, 5.74) is 1.07. The first kappa shape index (κ1) is 16.2. The SMILES string of the molecule is C=CCn1c(=O)c(N2CCN(C(=O)CC)CC2)nc2cccnc21. The van der Waals surface area contributed by atoms with Crippen LogP contribution < -0.4 is 10.5 Å². The van der Waals surface area contributed by atoms with Crippen LogP contribution in [0.15, 0.2) is 35.8 Å². The van der Waals surface area contributed by atoms with E-state index < -0.39 is 0 Å². The van der Waals surface area contributed by atoms with Gasteiger partial charge in [0.1, 0.15) is 5.52 Å². The number of anilines is 1. The molecule has 126 valence electrons. The Labute approximate surface area is 140 Å². The smallest absolute Gasteiger partial charge is 0.295 e. The molecular weight excluding hydrogens is 306 g/mol. The summed E-state index contributed by atoms with van der Waals surface area (Å²) in [6.45, 7) is 8.40. The molecule has 1 amide bonds. The molecule has 1 aliphatic heterocycles. The van der Waals surface area contributed by atoms with Crippen LogP contribution in [0.1, 0.15) is 13.3 Å². The third-order valence-corrected chi connectivity index (χ3v) is 4.23. The highest BCUT2D eigenvalue weighted by atomic mass is 16.2. The number of aromatic nitrogens is 3. The van der Waals surface area contributed by atoms with E-state index in [1.54, 1.807) is 22.9 Å². The number of pyridine rings is 1. The molecule has 0 atom stereocenters. The van der Waals surface area contributed by atoms with Crippen molar-refractivity contribution in [1.29, 1.82) is 0 Å². The Balaban J connectivity index is 1.96. The summed E-state index contributed by atoms with van der Waals surface area (Å²) >= 11 is 0. The highest BCUT2D eigenvalue weighted by Gasteiger charge is 2.24. The molecule has 0 saturated carbocycles. The quantitative estimate of drug-likeness (QED) is 0.785. The Hall–Kier alpha value is -2.70. The molecule has 0 bridgehead atoms. The molecule has 7 nitrogen and oxygen atoms in total. The van der Waals surface area contributed by atoms with Crippen LogP contribution in [0.2, 0.25) is 0 Å². The van der Waals surface area contributed by atoms with Crippen molar-refractivity contribution in [2.45, 2.75) is 19.9 Å². The van der Waals surface area contributed by atoms with Crippen molar-refractivity contribution in [3.63, 3.8) is 0 Å². The largest absolute Gasteiger partial charge is 0.348 e. The number of carbonyl (C=O) groups is 1. The number of allylic oxidation sites excluding steroid dienone is 1. The van der Waals surface area contributed by atoms with Crippen LogP contribution in [0.3, 0.4) is 0 Å². The van der Waals surface area contributed by atoms with E-state index in [9.17, 15) is 9.59 Å². The van der Waals surface area contributed by atoms with Crippen LogP contribution in [0, 0.1) is 0 Å². The third kappa shape index (κ3) is 2.89. The minimum atomic E-state index is -0.170. The molecule has 7 heteroatoms. The zero-order valence-electron chi connectivity index (χ0n) is 13.8. The molecule has 0 radical (unpaired) electrons. The van der Waals surface area contributed by atoms with Gasteiger partial charge in [0.25, 0.3) is 5.56 Å². The lowest BCUT2D eigenvalue weighted by molar-refractivity contribution is -0.131. The van der Waals surface area contributed by atoms with Gasteiger partial charge in [-0.1, -0.05) is 13.0 Å². The van der Waals surface area contributed by atoms with Crippen molar-refractivity contribution in [2.24, 2.45) is 0 Å². The van der Waals surface area contributed by atoms with Gasteiger partial charge in [0.05, 0.1) is 0 Å². The molecule has 2 aromatic heterocycles. The van der Waals surface area contributed by atoms with Crippen molar-refractivity contribution in [1.82, 2.24) is 19.4 Å². The minimum absolute atomic E-state index is 0.148. The van der Waals surface area contributed by atoms with Gasteiger partial charge in [-0.25, -0.2) is 9.97 Å². The van der Waals surface area contributed by atoms with Gasteiger partial charge in [0.2, 0.25) is 5.91 Å². The second kappa shape index (κ2) is 6.82. The van der Waals surface area contributed by atoms with E-state index in [0.29, 0.717) is 56.1 Å². The molecule has 0 aromatic carbocycles. The predicted octanol–water partition coefficient (Wildman–Crippen LogP) is 1.04. The van der Waals surface area contributed by atoms with Gasteiger partial charge >= 0.3 is 0 Å². The summed E-state index contributed by atoms with van der Waals surface area (Å²) in [5, 5.41) is 0.